The molecule has 0 aromatic carbocycles. The zero-order valence-electron chi connectivity index (χ0n) is 46.1. The second-order valence-electron chi connectivity index (χ2n) is 19.4. The van der Waals surface area contributed by atoms with Crippen LogP contribution in [0.25, 0.3) is 0 Å². The van der Waals surface area contributed by atoms with Gasteiger partial charge in [0.15, 0.2) is 6.10 Å². The predicted octanol–water partition coefficient (Wildman–Crippen LogP) is 17.1. The van der Waals surface area contributed by atoms with Crippen molar-refractivity contribution in [3.63, 3.8) is 0 Å². The van der Waals surface area contributed by atoms with Gasteiger partial charge in [0.05, 0.1) is 19.8 Å². The zero-order valence-corrected chi connectivity index (χ0v) is 47.0. The van der Waals surface area contributed by atoms with Crippen LogP contribution in [0.5, 0.6) is 0 Å². The molecule has 3 unspecified atom stereocenters. The molecule has 72 heavy (non-hydrogen) atoms. The van der Waals surface area contributed by atoms with Crippen LogP contribution < -0.4 is 0 Å². The third kappa shape index (κ3) is 52.1. The smallest absolute Gasteiger partial charge is 0.462 e. The Bertz CT molecular complexity index is 1440. The number of carbonyl (C=O) groups excluding carboxylic acids is 3. The number of ether oxygens (including phenoxy) is 3. The maximum absolute atomic E-state index is 12.9. The van der Waals surface area contributed by atoms with Crippen molar-refractivity contribution in [2.24, 2.45) is 0 Å². The van der Waals surface area contributed by atoms with Crippen molar-refractivity contribution in [2.45, 2.75) is 277 Å². The van der Waals surface area contributed by atoms with E-state index in [1.807, 2.05) is 0 Å². The first-order valence-corrected chi connectivity index (χ1v) is 30.7. The van der Waals surface area contributed by atoms with Crippen LogP contribution in [0, 0.1) is 0 Å². The van der Waals surface area contributed by atoms with Crippen molar-refractivity contribution < 1.29 is 52.2 Å². The van der Waals surface area contributed by atoms with Crippen LogP contribution in [0.1, 0.15) is 265 Å². The minimum absolute atomic E-state index is 0.141. The molecule has 0 aliphatic rings. The molecule has 0 fully saturated rings. The summed E-state index contributed by atoms with van der Waals surface area (Å²) in [4.78, 5) is 48.5. The summed E-state index contributed by atoms with van der Waals surface area (Å²) in [7, 11) is -4.76. The molecule has 0 aromatic rings. The molecule has 418 valence electrons. The lowest BCUT2D eigenvalue weighted by atomic mass is 10.1. The summed E-state index contributed by atoms with van der Waals surface area (Å²) in [6, 6.07) is 0. The number of hydrogen-bond donors (Lipinski definition) is 2. The van der Waals surface area contributed by atoms with Crippen LogP contribution in [-0.2, 0) is 42.2 Å². The fourth-order valence-corrected chi connectivity index (χ4v) is 8.73. The highest BCUT2D eigenvalue weighted by atomic mass is 31.2. The Morgan fingerprint density at radius 2 is 0.722 bits per heavy atom. The molecule has 0 rings (SSSR count). The average Bonchev–Trinajstić information content (AvgIpc) is 3.37. The van der Waals surface area contributed by atoms with Gasteiger partial charge < -0.3 is 24.2 Å². The summed E-state index contributed by atoms with van der Waals surface area (Å²) in [5.41, 5.74) is 0. The van der Waals surface area contributed by atoms with E-state index in [0.29, 0.717) is 19.3 Å². The van der Waals surface area contributed by atoms with E-state index in [1.54, 1.807) is 0 Å². The number of aliphatic hydroxyl groups excluding tert-OH is 1. The van der Waals surface area contributed by atoms with Gasteiger partial charge in [-0.1, -0.05) is 204 Å². The van der Waals surface area contributed by atoms with Crippen molar-refractivity contribution in [2.75, 3.05) is 26.4 Å². The summed E-state index contributed by atoms with van der Waals surface area (Å²) in [5.74, 6) is -1.50. The van der Waals surface area contributed by atoms with Gasteiger partial charge >= 0.3 is 25.7 Å². The minimum Gasteiger partial charge on any atom is -0.462 e. The number of hydrogen-bond acceptors (Lipinski definition) is 10. The van der Waals surface area contributed by atoms with E-state index in [1.165, 1.54) is 96.3 Å². The molecular formula is C60H107O11P. The van der Waals surface area contributed by atoms with E-state index in [9.17, 15) is 28.9 Å². The lowest BCUT2D eigenvalue weighted by molar-refractivity contribution is -0.161. The molecule has 0 amide bonds. The van der Waals surface area contributed by atoms with Gasteiger partial charge in [0.1, 0.15) is 12.7 Å². The number of carbonyl (C=O) groups is 3. The van der Waals surface area contributed by atoms with E-state index in [0.717, 1.165) is 109 Å². The van der Waals surface area contributed by atoms with Gasteiger partial charge in [0.25, 0.3) is 0 Å². The molecule has 0 radical (unpaired) electrons. The molecule has 0 aromatic heterocycles. The van der Waals surface area contributed by atoms with Crippen molar-refractivity contribution >= 4 is 25.7 Å². The molecular weight excluding hydrogens is 928 g/mol. The lowest BCUT2D eigenvalue weighted by Gasteiger charge is -2.21. The highest BCUT2D eigenvalue weighted by Gasteiger charge is 2.28. The predicted molar refractivity (Wildman–Crippen MR) is 298 cm³/mol. The number of rotatable bonds is 54. The first-order chi connectivity index (χ1) is 35.2. The summed E-state index contributed by atoms with van der Waals surface area (Å²) in [6.45, 7) is 4.49. The molecule has 11 nitrogen and oxygen atoms in total. The van der Waals surface area contributed by atoms with Gasteiger partial charge in [-0.25, -0.2) is 4.57 Å². The van der Waals surface area contributed by atoms with E-state index in [-0.39, 0.29) is 25.9 Å². The third-order valence-electron chi connectivity index (χ3n) is 12.4. The van der Waals surface area contributed by atoms with Gasteiger partial charge in [0, 0.05) is 19.3 Å². The highest BCUT2D eigenvalue weighted by molar-refractivity contribution is 7.47. The Morgan fingerprint density at radius 1 is 0.403 bits per heavy atom. The molecule has 2 N–H and O–H groups in total. The fourth-order valence-electron chi connectivity index (χ4n) is 7.95. The van der Waals surface area contributed by atoms with Crippen LogP contribution in [0.2, 0.25) is 0 Å². The molecule has 0 spiro atoms. The molecule has 0 saturated carbocycles. The standard InChI is InChI=1S/C60H107O11P/c1-4-7-10-13-16-19-22-25-27-28-30-33-36-39-42-45-48-51-60(64)71-57(53-67-58(62)49-46-43-40-37-34-32-29-26-23-20-17-14-11-8-5-2)55-69-72(65,66)68-54-56(52-61)70-59(63)50-47-44-41-38-35-31-24-21-18-15-12-9-6-3/h9,12,18,21,25-27,29,31,35,56-57,61H,4-8,10-11,13-17,19-20,22-24,28,30,32-34,36-55H2,1-3H3,(H,65,66)/b12-9-,21-18-,27-25-,29-26-,35-31-. The molecule has 12 heteroatoms. The summed E-state index contributed by atoms with van der Waals surface area (Å²) in [6.07, 6.45) is 58.9. The lowest BCUT2D eigenvalue weighted by Crippen LogP contribution is -2.30. The maximum atomic E-state index is 12.9. The second kappa shape index (κ2) is 54.4. The van der Waals surface area contributed by atoms with E-state index in [2.05, 4.69) is 81.5 Å². The number of aliphatic hydroxyl groups is 1. The quantitative estimate of drug-likeness (QED) is 0.0197. The van der Waals surface area contributed by atoms with Gasteiger partial charge in [0.2, 0.25) is 0 Å². The van der Waals surface area contributed by atoms with Gasteiger partial charge in [-0.2, -0.15) is 0 Å². The first-order valence-electron chi connectivity index (χ1n) is 29.2. The summed E-state index contributed by atoms with van der Waals surface area (Å²) < 4.78 is 39.5. The molecule has 0 heterocycles. The van der Waals surface area contributed by atoms with Crippen LogP contribution in [0.15, 0.2) is 60.8 Å². The van der Waals surface area contributed by atoms with Crippen LogP contribution in [-0.4, -0.2) is 66.5 Å². The monoisotopic (exact) mass is 1030 g/mol. The van der Waals surface area contributed by atoms with Gasteiger partial charge in [-0.15, -0.1) is 0 Å². The van der Waals surface area contributed by atoms with Crippen molar-refractivity contribution in [3.05, 3.63) is 60.8 Å². The molecule has 3 atom stereocenters. The Labute approximate surface area is 440 Å². The Hall–Kier alpha value is -2.82. The van der Waals surface area contributed by atoms with Crippen molar-refractivity contribution in [3.8, 4) is 0 Å². The third-order valence-corrected chi connectivity index (χ3v) is 13.3. The topological polar surface area (TPSA) is 155 Å². The van der Waals surface area contributed by atoms with Crippen LogP contribution >= 0.6 is 7.82 Å². The second-order valence-corrected chi connectivity index (χ2v) is 20.9. The molecule has 0 aliphatic carbocycles. The Balaban J connectivity index is 4.76. The van der Waals surface area contributed by atoms with Crippen molar-refractivity contribution in [1.82, 2.24) is 0 Å². The highest BCUT2D eigenvalue weighted by Crippen LogP contribution is 2.43. The SMILES string of the molecule is CC/C=C\C/C=C\C/C=C\CCCCCC(=O)OC(CO)COP(=O)(O)OCC(COC(=O)CCCCCCC/C=C\CCCCCCCC)OC(=O)CCCCCCCCC/C=C\CCCCCCCC. The summed E-state index contributed by atoms with van der Waals surface area (Å²) >= 11 is 0. The van der Waals surface area contributed by atoms with Gasteiger partial charge in [-0.3, -0.25) is 23.4 Å². The zero-order chi connectivity index (χ0) is 52.7. The fraction of sp³-hybridized carbons (Fsp3) is 0.783. The minimum atomic E-state index is -4.76. The van der Waals surface area contributed by atoms with Crippen LogP contribution in [0.3, 0.4) is 0 Å². The summed E-state index contributed by atoms with van der Waals surface area (Å²) in [5, 5.41) is 9.80. The van der Waals surface area contributed by atoms with E-state index in [4.69, 9.17) is 23.3 Å². The molecule has 0 bridgehead atoms. The first kappa shape index (κ1) is 69.2. The average molecular weight is 1040 g/mol. The normalized spacial score (nSPS) is 13.8. The maximum Gasteiger partial charge on any atom is 0.472 e. The largest absolute Gasteiger partial charge is 0.472 e. The number of phosphoric ester groups is 1. The van der Waals surface area contributed by atoms with Gasteiger partial charge in [-0.05, 0) is 103 Å². The van der Waals surface area contributed by atoms with E-state index < -0.39 is 57.8 Å². The Morgan fingerprint density at radius 3 is 1.14 bits per heavy atom. The number of unbranched alkanes of at least 4 members (excludes halogenated alkanes) is 27. The number of allylic oxidation sites excluding steroid dienone is 10. The number of phosphoric acid groups is 1. The Kier molecular flexibility index (Phi) is 52.3. The van der Waals surface area contributed by atoms with Crippen molar-refractivity contribution in [1.29, 1.82) is 0 Å². The van der Waals surface area contributed by atoms with Crippen LogP contribution in [0.4, 0.5) is 0 Å². The molecule has 0 saturated heterocycles. The number of esters is 3. The molecule has 0 aliphatic heterocycles. The van der Waals surface area contributed by atoms with E-state index >= 15 is 0 Å².